The van der Waals surface area contributed by atoms with Gasteiger partial charge in [-0.25, -0.2) is 13.4 Å². The molecule has 2 heterocycles. The van der Waals surface area contributed by atoms with Crippen molar-refractivity contribution < 1.29 is 13.2 Å². The minimum atomic E-state index is -3.45. The summed E-state index contributed by atoms with van der Waals surface area (Å²) in [5.74, 6) is 0.390. The van der Waals surface area contributed by atoms with E-state index in [0.717, 1.165) is 24.1 Å². The standard InChI is InChI=1S/C19H25N3O3S2/c1-13(2)18(23)21-19-20-17(12-26-19)15-4-6-16(7-5-15)27(24,25)22-10-8-14(3)9-11-22/h4-7,12-14H,8-11H2,1-3H3,(H,20,21,23). The zero-order valence-electron chi connectivity index (χ0n) is 15.8. The number of piperidine rings is 1. The van der Waals surface area contributed by atoms with Crippen LogP contribution in [0.1, 0.15) is 33.6 Å². The molecule has 27 heavy (non-hydrogen) atoms. The fourth-order valence-electron chi connectivity index (χ4n) is 2.89. The van der Waals surface area contributed by atoms with Crippen LogP contribution >= 0.6 is 11.3 Å². The fourth-order valence-corrected chi connectivity index (χ4v) is 5.08. The first-order chi connectivity index (χ1) is 12.8. The summed E-state index contributed by atoms with van der Waals surface area (Å²) in [4.78, 5) is 16.5. The van der Waals surface area contributed by atoms with Crippen molar-refractivity contribution in [1.82, 2.24) is 9.29 Å². The summed E-state index contributed by atoms with van der Waals surface area (Å²) in [5.41, 5.74) is 1.54. The molecule has 1 aliphatic rings. The summed E-state index contributed by atoms with van der Waals surface area (Å²) < 4.78 is 27.2. The highest BCUT2D eigenvalue weighted by atomic mass is 32.2. The molecule has 0 aliphatic carbocycles. The van der Waals surface area contributed by atoms with Crippen LogP contribution in [0.4, 0.5) is 5.13 Å². The van der Waals surface area contributed by atoms with E-state index in [4.69, 9.17) is 0 Å². The molecular formula is C19H25N3O3S2. The molecule has 8 heteroatoms. The molecule has 0 spiro atoms. The second-order valence-electron chi connectivity index (χ2n) is 7.29. The average Bonchev–Trinajstić information content (AvgIpc) is 3.10. The summed E-state index contributed by atoms with van der Waals surface area (Å²) in [6, 6.07) is 6.80. The molecule has 1 aromatic carbocycles. The van der Waals surface area contributed by atoms with Gasteiger partial charge < -0.3 is 5.32 Å². The molecule has 1 aliphatic heterocycles. The van der Waals surface area contributed by atoms with Crippen LogP contribution in [0.2, 0.25) is 0 Å². The predicted octanol–water partition coefficient (Wildman–Crippen LogP) is 3.83. The second kappa shape index (κ2) is 8.08. The highest BCUT2D eigenvalue weighted by molar-refractivity contribution is 7.89. The minimum Gasteiger partial charge on any atom is -0.302 e. The van der Waals surface area contributed by atoms with Crippen LogP contribution in [0, 0.1) is 11.8 Å². The number of sulfonamides is 1. The number of nitrogens with one attached hydrogen (secondary N) is 1. The first-order valence-electron chi connectivity index (χ1n) is 9.14. The molecule has 0 bridgehead atoms. The van der Waals surface area contributed by atoms with E-state index in [1.807, 2.05) is 19.2 Å². The summed E-state index contributed by atoms with van der Waals surface area (Å²) in [5, 5.41) is 5.18. The fraction of sp³-hybridized carbons (Fsp3) is 0.474. The maximum Gasteiger partial charge on any atom is 0.243 e. The number of amides is 1. The number of anilines is 1. The lowest BCUT2D eigenvalue weighted by Gasteiger charge is -2.29. The highest BCUT2D eigenvalue weighted by Crippen LogP contribution is 2.28. The van der Waals surface area contributed by atoms with Crippen LogP contribution in [0.3, 0.4) is 0 Å². The third-order valence-corrected chi connectivity index (χ3v) is 7.46. The van der Waals surface area contributed by atoms with Crippen LogP contribution in [-0.4, -0.2) is 36.7 Å². The number of carbonyl (C=O) groups excluding carboxylic acids is 1. The number of hydrogen-bond donors (Lipinski definition) is 1. The normalized spacial score (nSPS) is 16.6. The summed E-state index contributed by atoms with van der Waals surface area (Å²) >= 11 is 1.35. The molecule has 1 aromatic heterocycles. The van der Waals surface area contributed by atoms with Gasteiger partial charge in [-0.05, 0) is 30.9 Å². The summed E-state index contributed by atoms with van der Waals surface area (Å²) in [6.07, 6.45) is 1.81. The van der Waals surface area contributed by atoms with E-state index >= 15 is 0 Å². The molecule has 0 unspecified atom stereocenters. The van der Waals surface area contributed by atoms with Crippen molar-refractivity contribution in [1.29, 1.82) is 0 Å². The van der Waals surface area contributed by atoms with Crippen LogP contribution in [0.15, 0.2) is 34.5 Å². The highest BCUT2D eigenvalue weighted by Gasteiger charge is 2.28. The number of nitrogens with zero attached hydrogens (tertiary/aromatic N) is 2. The van der Waals surface area contributed by atoms with Crippen LogP contribution < -0.4 is 5.32 Å². The molecule has 6 nitrogen and oxygen atoms in total. The van der Waals surface area contributed by atoms with Crippen molar-refractivity contribution in [3.05, 3.63) is 29.6 Å². The predicted molar refractivity (Wildman–Crippen MR) is 108 cm³/mol. The second-order valence-corrected chi connectivity index (χ2v) is 10.1. The van der Waals surface area contributed by atoms with Gasteiger partial charge >= 0.3 is 0 Å². The van der Waals surface area contributed by atoms with Crippen molar-refractivity contribution in [3.8, 4) is 11.3 Å². The molecule has 0 radical (unpaired) electrons. The van der Waals surface area contributed by atoms with Crippen molar-refractivity contribution in [3.63, 3.8) is 0 Å². The van der Waals surface area contributed by atoms with Gasteiger partial charge in [-0.3, -0.25) is 4.79 Å². The first kappa shape index (κ1) is 20.0. The largest absolute Gasteiger partial charge is 0.302 e. The quantitative estimate of drug-likeness (QED) is 0.817. The van der Waals surface area contributed by atoms with E-state index < -0.39 is 10.0 Å². The molecule has 0 atom stereocenters. The Kier molecular flexibility index (Phi) is 5.98. The van der Waals surface area contributed by atoms with Crippen LogP contribution in [0.5, 0.6) is 0 Å². The van der Waals surface area contributed by atoms with Gasteiger partial charge in [0, 0.05) is 30.0 Å². The summed E-state index contributed by atoms with van der Waals surface area (Å²) in [7, 11) is -3.45. The zero-order valence-corrected chi connectivity index (χ0v) is 17.4. The van der Waals surface area contributed by atoms with Gasteiger partial charge in [0.2, 0.25) is 15.9 Å². The maximum atomic E-state index is 12.8. The Bertz CT molecular complexity index is 897. The third-order valence-electron chi connectivity index (χ3n) is 4.79. The number of benzene rings is 1. The van der Waals surface area contributed by atoms with E-state index in [1.165, 1.54) is 11.3 Å². The monoisotopic (exact) mass is 407 g/mol. The van der Waals surface area contributed by atoms with Crippen LogP contribution in [0.25, 0.3) is 11.3 Å². The van der Waals surface area contributed by atoms with Gasteiger partial charge in [0.1, 0.15) is 0 Å². The van der Waals surface area contributed by atoms with Crippen molar-refractivity contribution in [2.45, 2.75) is 38.5 Å². The Hall–Kier alpha value is -1.77. The van der Waals surface area contributed by atoms with Gasteiger partial charge in [0.15, 0.2) is 5.13 Å². The van der Waals surface area contributed by atoms with E-state index in [0.29, 0.717) is 29.0 Å². The Morgan fingerprint density at radius 2 is 1.85 bits per heavy atom. The third kappa shape index (κ3) is 4.56. The smallest absolute Gasteiger partial charge is 0.243 e. The number of rotatable bonds is 5. The van der Waals surface area contributed by atoms with Gasteiger partial charge in [-0.15, -0.1) is 11.3 Å². The Morgan fingerprint density at radius 1 is 1.22 bits per heavy atom. The molecule has 146 valence electrons. The zero-order chi connectivity index (χ0) is 19.6. The Balaban J connectivity index is 1.74. The lowest BCUT2D eigenvalue weighted by molar-refractivity contribution is -0.118. The van der Waals surface area contributed by atoms with Gasteiger partial charge in [-0.2, -0.15) is 4.31 Å². The van der Waals surface area contributed by atoms with Gasteiger partial charge in [0.05, 0.1) is 10.6 Å². The van der Waals surface area contributed by atoms with Crippen molar-refractivity contribution in [2.75, 3.05) is 18.4 Å². The van der Waals surface area contributed by atoms with E-state index in [1.54, 1.807) is 28.6 Å². The average molecular weight is 408 g/mol. The molecule has 1 N–H and O–H groups in total. The van der Waals surface area contributed by atoms with E-state index in [-0.39, 0.29) is 11.8 Å². The lowest BCUT2D eigenvalue weighted by atomic mass is 10.0. The first-order valence-corrected chi connectivity index (χ1v) is 11.5. The molecular weight excluding hydrogens is 382 g/mol. The van der Waals surface area contributed by atoms with Crippen molar-refractivity contribution in [2.24, 2.45) is 11.8 Å². The molecule has 1 amide bonds. The Morgan fingerprint density at radius 3 is 2.44 bits per heavy atom. The molecule has 1 saturated heterocycles. The number of carbonyl (C=O) groups is 1. The van der Waals surface area contributed by atoms with E-state index in [2.05, 4.69) is 17.2 Å². The molecule has 2 aromatic rings. The molecule has 1 fully saturated rings. The van der Waals surface area contributed by atoms with Gasteiger partial charge in [-0.1, -0.05) is 32.9 Å². The number of thiazole rings is 1. The van der Waals surface area contributed by atoms with Crippen molar-refractivity contribution >= 4 is 32.4 Å². The molecule has 0 saturated carbocycles. The Labute approximate surface area is 164 Å². The topological polar surface area (TPSA) is 79.4 Å². The number of aromatic nitrogens is 1. The molecule has 3 rings (SSSR count). The summed E-state index contributed by atoms with van der Waals surface area (Å²) in [6.45, 7) is 6.97. The lowest BCUT2D eigenvalue weighted by Crippen LogP contribution is -2.37. The van der Waals surface area contributed by atoms with E-state index in [9.17, 15) is 13.2 Å². The SMILES string of the molecule is CC1CCN(S(=O)(=O)c2ccc(-c3csc(NC(=O)C(C)C)n3)cc2)CC1. The van der Waals surface area contributed by atoms with Gasteiger partial charge in [0.25, 0.3) is 0 Å². The van der Waals surface area contributed by atoms with Crippen LogP contribution in [-0.2, 0) is 14.8 Å². The minimum absolute atomic E-state index is 0.0757. The number of hydrogen-bond acceptors (Lipinski definition) is 5. The maximum absolute atomic E-state index is 12.8.